The first-order chi connectivity index (χ1) is 21.8. The minimum Gasteiger partial charge on any atom is -0.334 e. The molecule has 5 aromatic rings. The molecule has 0 N–H and O–H groups in total. The van der Waals surface area contributed by atoms with Gasteiger partial charge in [0, 0.05) is 29.4 Å². The molecule has 216 valence electrons. The highest BCUT2D eigenvalue weighted by molar-refractivity contribution is 5.95. The van der Waals surface area contributed by atoms with E-state index >= 15 is 0 Å². The molecule has 0 unspecified atom stereocenters. The summed E-state index contributed by atoms with van der Waals surface area (Å²) in [7, 11) is 0. The number of pyridine rings is 2. The average Bonchev–Trinajstić information content (AvgIpc) is 3.12. The van der Waals surface area contributed by atoms with E-state index in [1.165, 1.54) is 16.7 Å². The Morgan fingerprint density at radius 2 is 1.52 bits per heavy atom. The zero-order valence-electron chi connectivity index (χ0n) is 25.3. The fourth-order valence-electron chi connectivity index (χ4n) is 5.88. The number of hydrogen-bond donors (Lipinski definition) is 0. The SMILES string of the molecule is C=N/C(C1=CCCC=C1)=C(/c1ccccc1)N1Cc2ccccc2-c2ccc(-c3cccc(-c4ccccn4)n3)cc21.CC. The van der Waals surface area contributed by atoms with Gasteiger partial charge < -0.3 is 4.90 Å². The molecule has 4 nitrogen and oxygen atoms in total. The van der Waals surface area contributed by atoms with Crippen LogP contribution in [0.4, 0.5) is 5.69 Å². The predicted molar refractivity (Wildman–Crippen MR) is 185 cm³/mol. The van der Waals surface area contributed by atoms with E-state index in [0.29, 0.717) is 6.54 Å². The maximum Gasteiger partial charge on any atom is 0.0934 e. The number of allylic oxidation sites excluding steroid dienone is 3. The summed E-state index contributed by atoms with van der Waals surface area (Å²) < 4.78 is 0. The highest BCUT2D eigenvalue weighted by atomic mass is 15.2. The van der Waals surface area contributed by atoms with Crippen molar-refractivity contribution in [3.8, 4) is 33.8 Å². The summed E-state index contributed by atoms with van der Waals surface area (Å²) in [6, 6.07) is 37.9. The molecule has 0 bridgehead atoms. The molecule has 2 aliphatic rings. The summed E-state index contributed by atoms with van der Waals surface area (Å²) >= 11 is 0. The largest absolute Gasteiger partial charge is 0.334 e. The van der Waals surface area contributed by atoms with Gasteiger partial charge in [-0.2, -0.15) is 0 Å². The zero-order valence-corrected chi connectivity index (χ0v) is 25.3. The predicted octanol–water partition coefficient (Wildman–Crippen LogP) is 10.2. The molecule has 0 radical (unpaired) electrons. The lowest BCUT2D eigenvalue weighted by molar-refractivity contribution is 0.956. The van der Waals surface area contributed by atoms with Crippen LogP contribution in [0, 0.1) is 0 Å². The molecule has 0 atom stereocenters. The number of aliphatic imine (C=N–C) groups is 1. The van der Waals surface area contributed by atoms with E-state index in [1.807, 2.05) is 38.1 Å². The van der Waals surface area contributed by atoms with Crippen LogP contribution >= 0.6 is 0 Å². The highest BCUT2D eigenvalue weighted by Gasteiger charge is 2.28. The molecule has 3 heterocycles. The van der Waals surface area contributed by atoms with Crippen LogP contribution in [-0.4, -0.2) is 16.7 Å². The first-order valence-electron chi connectivity index (χ1n) is 15.3. The second-order valence-corrected chi connectivity index (χ2v) is 10.5. The fraction of sp³-hybridized carbons (Fsp3) is 0.125. The van der Waals surface area contributed by atoms with Crippen LogP contribution in [0.3, 0.4) is 0 Å². The summed E-state index contributed by atoms with van der Waals surface area (Å²) in [6.07, 6.45) is 10.5. The fourth-order valence-corrected chi connectivity index (χ4v) is 5.88. The van der Waals surface area contributed by atoms with Crippen molar-refractivity contribution in [1.82, 2.24) is 9.97 Å². The Morgan fingerprint density at radius 3 is 2.30 bits per heavy atom. The van der Waals surface area contributed by atoms with Gasteiger partial charge in [0.2, 0.25) is 0 Å². The molecule has 0 spiro atoms. The van der Waals surface area contributed by atoms with Gasteiger partial charge in [-0.3, -0.25) is 9.98 Å². The summed E-state index contributed by atoms with van der Waals surface area (Å²) in [5, 5.41) is 0. The van der Waals surface area contributed by atoms with Crippen LogP contribution < -0.4 is 4.90 Å². The van der Waals surface area contributed by atoms with E-state index in [2.05, 4.69) is 125 Å². The maximum atomic E-state index is 5.02. The normalized spacial score (nSPS) is 13.9. The van der Waals surface area contributed by atoms with Crippen LogP contribution in [-0.2, 0) is 6.54 Å². The topological polar surface area (TPSA) is 41.4 Å². The molecule has 44 heavy (non-hydrogen) atoms. The Bertz CT molecular complexity index is 1870. The van der Waals surface area contributed by atoms with Crippen molar-refractivity contribution in [3.63, 3.8) is 0 Å². The zero-order chi connectivity index (χ0) is 30.3. The smallest absolute Gasteiger partial charge is 0.0934 e. The van der Waals surface area contributed by atoms with Crippen LogP contribution in [0.1, 0.15) is 37.8 Å². The van der Waals surface area contributed by atoms with Gasteiger partial charge in [0.15, 0.2) is 0 Å². The lowest BCUT2D eigenvalue weighted by Crippen LogP contribution is -2.26. The third kappa shape index (κ3) is 5.67. The molecule has 0 saturated carbocycles. The van der Waals surface area contributed by atoms with E-state index in [0.717, 1.165) is 63.7 Å². The van der Waals surface area contributed by atoms with Crippen LogP contribution in [0.15, 0.2) is 150 Å². The van der Waals surface area contributed by atoms with Crippen molar-refractivity contribution in [2.75, 3.05) is 4.90 Å². The minimum absolute atomic E-state index is 0.717. The number of rotatable bonds is 6. The van der Waals surface area contributed by atoms with Crippen molar-refractivity contribution >= 4 is 18.1 Å². The van der Waals surface area contributed by atoms with Crippen molar-refractivity contribution < 1.29 is 0 Å². The van der Waals surface area contributed by atoms with Gasteiger partial charge in [0.1, 0.15) is 0 Å². The summed E-state index contributed by atoms with van der Waals surface area (Å²) in [5.74, 6) is 0. The Labute approximate surface area is 260 Å². The van der Waals surface area contributed by atoms with Crippen molar-refractivity contribution in [2.24, 2.45) is 4.99 Å². The standard InChI is InChI=1S/C38H30N4.C2H6/c1-39-37(27-13-4-2-5-14-27)38(28-15-6-3-7-16-28)42-26-30-17-8-9-18-31(30)32-23-22-29(25-36(32)42)33-20-12-21-35(41-33)34-19-10-11-24-40-34;1-2/h3-4,6-25H,1-2,5,26H2;1-2H3/b38-37-;. The van der Waals surface area contributed by atoms with E-state index in [4.69, 9.17) is 4.98 Å². The summed E-state index contributed by atoms with van der Waals surface area (Å²) in [5.41, 5.74) is 12.7. The number of anilines is 1. The first kappa shape index (κ1) is 28.8. The Balaban J connectivity index is 0.00000168. The minimum atomic E-state index is 0.717. The van der Waals surface area contributed by atoms with Crippen LogP contribution in [0.2, 0.25) is 0 Å². The van der Waals surface area contributed by atoms with Gasteiger partial charge in [-0.25, -0.2) is 4.98 Å². The van der Waals surface area contributed by atoms with Gasteiger partial charge in [0.05, 0.1) is 34.2 Å². The Kier molecular flexibility index (Phi) is 8.70. The second kappa shape index (κ2) is 13.3. The van der Waals surface area contributed by atoms with Crippen molar-refractivity contribution in [2.45, 2.75) is 33.2 Å². The third-order valence-electron chi connectivity index (χ3n) is 7.86. The van der Waals surface area contributed by atoms with Gasteiger partial charge in [-0.1, -0.05) is 111 Å². The second-order valence-electron chi connectivity index (χ2n) is 10.5. The number of nitrogens with zero attached hydrogens (tertiary/aromatic N) is 4. The van der Waals surface area contributed by atoms with E-state index in [1.54, 1.807) is 6.20 Å². The van der Waals surface area contributed by atoms with Crippen LogP contribution in [0.25, 0.3) is 39.5 Å². The number of hydrogen-bond acceptors (Lipinski definition) is 4. The van der Waals surface area contributed by atoms with Gasteiger partial charge in [0.25, 0.3) is 0 Å². The molecule has 2 aromatic heterocycles. The van der Waals surface area contributed by atoms with Gasteiger partial charge in [-0.05, 0) is 66.6 Å². The molecule has 4 heteroatoms. The Morgan fingerprint density at radius 1 is 0.750 bits per heavy atom. The van der Waals surface area contributed by atoms with Crippen molar-refractivity contribution in [1.29, 1.82) is 0 Å². The highest BCUT2D eigenvalue weighted by Crippen LogP contribution is 2.46. The van der Waals surface area contributed by atoms with E-state index in [9.17, 15) is 0 Å². The molecule has 3 aromatic carbocycles. The molecule has 0 fully saturated rings. The lowest BCUT2D eigenvalue weighted by atomic mass is 9.90. The third-order valence-corrected chi connectivity index (χ3v) is 7.86. The summed E-state index contributed by atoms with van der Waals surface area (Å²) in [4.78, 5) is 16.6. The first-order valence-corrected chi connectivity index (χ1v) is 15.3. The van der Waals surface area contributed by atoms with Crippen molar-refractivity contribution in [3.05, 3.63) is 156 Å². The number of aromatic nitrogens is 2. The molecule has 1 aliphatic heterocycles. The molecule has 0 amide bonds. The maximum absolute atomic E-state index is 5.02. The lowest BCUT2D eigenvalue weighted by Gasteiger charge is -2.36. The molecule has 7 rings (SSSR count). The van der Waals surface area contributed by atoms with E-state index < -0.39 is 0 Å². The molecular formula is C40H36N4. The van der Waals surface area contributed by atoms with Gasteiger partial charge >= 0.3 is 0 Å². The van der Waals surface area contributed by atoms with E-state index in [-0.39, 0.29) is 0 Å². The van der Waals surface area contributed by atoms with Crippen LogP contribution in [0.5, 0.6) is 0 Å². The number of fused-ring (bicyclic) bond motifs is 3. The number of benzene rings is 3. The molecular weight excluding hydrogens is 536 g/mol. The Hall–Kier alpha value is -5.35. The van der Waals surface area contributed by atoms with Gasteiger partial charge in [-0.15, -0.1) is 0 Å². The monoisotopic (exact) mass is 572 g/mol. The summed E-state index contributed by atoms with van der Waals surface area (Å²) in [6.45, 7) is 8.77. The molecule has 1 aliphatic carbocycles. The molecule has 0 saturated heterocycles. The average molecular weight is 573 g/mol. The quantitative estimate of drug-likeness (QED) is 0.190.